The Hall–Kier alpha value is -1.91. The van der Waals surface area contributed by atoms with Crippen LogP contribution in [-0.4, -0.2) is 24.9 Å². The zero-order valence-corrected chi connectivity index (χ0v) is 13.2. The number of rotatable bonds is 3. The van der Waals surface area contributed by atoms with E-state index in [0.29, 0.717) is 32.7 Å². The molecule has 2 rings (SSSR count). The standard InChI is InChI=1S/C15H15Cl2N3O/c1-20(2)15(21)10-7-6-9(18)8-13(10)19-12-5-3-4-11(16)14(12)17/h3-8,19H,18H2,1-2H3. The van der Waals surface area contributed by atoms with E-state index in [-0.39, 0.29) is 5.91 Å². The molecule has 0 unspecified atom stereocenters. The molecule has 0 bridgehead atoms. The summed E-state index contributed by atoms with van der Waals surface area (Å²) in [4.78, 5) is 13.7. The highest BCUT2D eigenvalue weighted by atomic mass is 35.5. The van der Waals surface area contributed by atoms with E-state index in [2.05, 4.69) is 5.32 Å². The zero-order chi connectivity index (χ0) is 15.6. The third kappa shape index (κ3) is 3.40. The lowest BCUT2D eigenvalue weighted by molar-refractivity contribution is 0.0828. The minimum absolute atomic E-state index is 0.129. The van der Waals surface area contributed by atoms with Gasteiger partial charge in [0.05, 0.1) is 27.0 Å². The van der Waals surface area contributed by atoms with Crippen molar-refractivity contribution < 1.29 is 4.79 Å². The van der Waals surface area contributed by atoms with Crippen LogP contribution >= 0.6 is 23.2 Å². The van der Waals surface area contributed by atoms with Gasteiger partial charge in [-0.25, -0.2) is 0 Å². The Labute approximate surface area is 133 Å². The lowest BCUT2D eigenvalue weighted by Gasteiger charge is -2.17. The molecule has 4 nitrogen and oxygen atoms in total. The van der Waals surface area contributed by atoms with E-state index < -0.39 is 0 Å². The maximum Gasteiger partial charge on any atom is 0.255 e. The van der Waals surface area contributed by atoms with Crippen molar-refractivity contribution in [3.63, 3.8) is 0 Å². The molecule has 21 heavy (non-hydrogen) atoms. The van der Waals surface area contributed by atoms with E-state index in [0.717, 1.165) is 0 Å². The first kappa shape index (κ1) is 15.5. The van der Waals surface area contributed by atoms with Crippen LogP contribution in [0.3, 0.4) is 0 Å². The molecule has 3 N–H and O–H groups in total. The van der Waals surface area contributed by atoms with Gasteiger partial charge in [0.2, 0.25) is 0 Å². The molecule has 1 amide bonds. The second-order valence-electron chi connectivity index (χ2n) is 4.73. The normalized spacial score (nSPS) is 10.3. The van der Waals surface area contributed by atoms with Gasteiger partial charge in [-0.1, -0.05) is 29.3 Å². The monoisotopic (exact) mass is 323 g/mol. The third-order valence-electron chi connectivity index (χ3n) is 2.90. The number of halogens is 2. The molecule has 0 fully saturated rings. The van der Waals surface area contributed by atoms with Crippen molar-refractivity contribution in [2.24, 2.45) is 0 Å². The van der Waals surface area contributed by atoms with Crippen LogP contribution < -0.4 is 11.1 Å². The van der Waals surface area contributed by atoms with Crippen molar-refractivity contribution >= 4 is 46.2 Å². The van der Waals surface area contributed by atoms with Crippen molar-refractivity contribution in [1.29, 1.82) is 0 Å². The summed E-state index contributed by atoms with van der Waals surface area (Å²) in [6, 6.07) is 10.3. The van der Waals surface area contributed by atoms with E-state index in [9.17, 15) is 4.79 Å². The number of hydrogen-bond donors (Lipinski definition) is 2. The maximum absolute atomic E-state index is 12.2. The molecule has 0 atom stereocenters. The van der Waals surface area contributed by atoms with Gasteiger partial charge in [0.25, 0.3) is 5.91 Å². The van der Waals surface area contributed by atoms with Crippen LogP contribution in [0, 0.1) is 0 Å². The highest BCUT2D eigenvalue weighted by Crippen LogP contribution is 2.33. The Morgan fingerprint density at radius 3 is 2.52 bits per heavy atom. The summed E-state index contributed by atoms with van der Waals surface area (Å²) >= 11 is 12.1. The lowest BCUT2D eigenvalue weighted by Crippen LogP contribution is -2.22. The van der Waals surface area contributed by atoms with E-state index in [1.807, 2.05) is 0 Å². The Morgan fingerprint density at radius 2 is 1.86 bits per heavy atom. The maximum atomic E-state index is 12.2. The predicted octanol–water partition coefficient (Wildman–Crippen LogP) is 4.02. The van der Waals surface area contributed by atoms with Gasteiger partial charge >= 0.3 is 0 Å². The third-order valence-corrected chi connectivity index (χ3v) is 3.72. The fraction of sp³-hybridized carbons (Fsp3) is 0.133. The predicted molar refractivity (Wildman–Crippen MR) is 88.6 cm³/mol. The summed E-state index contributed by atoms with van der Waals surface area (Å²) in [7, 11) is 3.38. The molecule has 110 valence electrons. The summed E-state index contributed by atoms with van der Waals surface area (Å²) in [6.07, 6.45) is 0. The van der Waals surface area contributed by atoms with Crippen LogP contribution in [0.25, 0.3) is 0 Å². The second kappa shape index (κ2) is 6.24. The van der Waals surface area contributed by atoms with Crippen molar-refractivity contribution in [3.8, 4) is 0 Å². The van der Waals surface area contributed by atoms with Gasteiger partial charge in [0.1, 0.15) is 0 Å². The minimum Gasteiger partial charge on any atom is -0.399 e. The first-order valence-corrected chi connectivity index (χ1v) is 6.98. The van der Waals surface area contributed by atoms with E-state index in [1.165, 1.54) is 4.90 Å². The van der Waals surface area contributed by atoms with Gasteiger partial charge in [-0.2, -0.15) is 0 Å². The molecular weight excluding hydrogens is 309 g/mol. The minimum atomic E-state index is -0.129. The number of carbonyl (C=O) groups excluding carboxylic acids is 1. The molecule has 0 radical (unpaired) electrons. The fourth-order valence-electron chi connectivity index (χ4n) is 1.84. The average Bonchev–Trinajstić information content (AvgIpc) is 2.43. The van der Waals surface area contributed by atoms with Gasteiger partial charge < -0.3 is 16.0 Å². The van der Waals surface area contributed by atoms with Crippen molar-refractivity contribution in [2.45, 2.75) is 0 Å². The van der Waals surface area contributed by atoms with Gasteiger partial charge in [0, 0.05) is 19.8 Å². The van der Waals surface area contributed by atoms with E-state index >= 15 is 0 Å². The number of nitrogens with zero attached hydrogens (tertiary/aromatic N) is 1. The summed E-state index contributed by atoms with van der Waals surface area (Å²) in [5, 5.41) is 3.94. The second-order valence-corrected chi connectivity index (χ2v) is 5.52. The highest BCUT2D eigenvalue weighted by Gasteiger charge is 2.15. The van der Waals surface area contributed by atoms with Crippen LogP contribution in [0.15, 0.2) is 36.4 Å². The van der Waals surface area contributed by atoms with Gasteiger partial charge in [-0.15, -0.1) is 0 Å². The molecule has 0 aliphatic carbocycles. The Bertz CT molecular complexity index is 687. The number of hydrogen-bond acceptors (Lipinski definition) is 3. The zero-order valence-electron chi connectivity index (χ0n) is 11.7. The lowest BCUT2D eigenvalue weighted by atomic mass is 10.1. The molecule has 6 heteroatoms. The molecule has 0 heterocycles. The number of nitrogens with two attached hydrogens (primary N) is 1. The topological polar surface area (TPSA) is 58.4 Å². The van der Waals surface area contributed by atoms with Crippen LogP contribution in [0.2, 0.25) is 10.0 Å². The molecule has 2 aromatic rings. The van der Waals surface area contributed by atoms with Crippen molar-refractivity contribution in [2.75, 3.05) is 25.1 Å². The average molecular weight is 324 g/mol. The van der Waals surface area contributed by atoms with Crippen LogP contribution in [0.4, 0.5) is 17.1 Å². The van der Waals surface area contributed by atoms with Crippen LogP contribution in [0.5, 0.6) is 0 Å². The molecule has 0 aromatic heterocycles. The smallest absolute Gasteiger partial charge is 0.255 e. The van der Waals surface area contributed by atoms with Gasteiger partial charge in [-0.05, 0) is 30.3 Å². The molecule has 2 aromatic carbocycles. The first-order chi connectivity index (χ1) is 9.90. The quantitative estimate of drug-likeness (QED) is 0.838. The van der Waals surface area contributed by atoms with E-state index in [1.54, 1.807) is 50.5 Å². The molecule has 0 spiro atoms. The summed E-state index contributed by atoms with van der Waals surface area (Å²) in [5.41, 5.74) is 8.05. The van der Waals surface area contributed by atoms with Crippen molar-refractivity contribution in [3.05, 3.63) is 52.0 Å². The summed E-state index contributed by atoms with van der Waals surface area (Å²) < 4.78 is 0. The molecule has 0 saturated heterocycles. The molecule has 0 saturated carbocycles. The molecule has 0 aliphatic heterocycles. The Balaban J connectivity index is 2.46. The molecular formula is C15H15Cl2N3O. The van der Waals surface area contributed by atoms with Gasteiger partial charge in [0.15, 0.2) is 0 Å². The Kier molecular flexibility index (Phi) is 4.60. The van der Waals surface area contributed by atoms with Crippen molar-refractivity contribution in [1.82, 2.24) is 4.90 Å². The summed E-state index contributed by atoms with van der Waals surface area (Å²) in [5.74, 6) is -0.129. The number of amides is 1. The largest absolute Gasteiger partial charge is 0.399 e. The number of benzene rings is 2. The SMILES string of the molecule is CN(C)C(=O)c1ccc(N)cc1Nc1cccc(Cl)c1Cl. The van der Waals surface area contributed by atoms with Crippen LogP contribution in [0.1, 0.15) is 10.4 Å². The number of anilines is 3. The number of nitrogens with one attached hydrogen (secondary N) is 1. The van der Waals surface area contributed by atoms with Crippen LogP contribution in [-0.2, 0) is 0 Å². The van der Waals surface area contributed by atoms with E-state index in [4.69, 9.17) is 28.9 Å². The fourth-order valence-corrected chi connectivity index (χ4v) is 2.19. The number of carbonyl (C=O) groups is 1. The van der Waals surface area contributed by atoms with Gasteiger partial charge in [-0.3, -0.25) is 4.79 Å². The highest BCUT2D eigenvalue weighted by molar-refractivity contribution is 6.43. The number of nitrogen functional groups attached to an aromatic ring is 1. The Morgan fingerprint density at radius 1 is 1.14 bits per heavy atom. The summed E-state index contributed by atoms with van der Waals surface area (Å²) in [6.45, 7) is 0. The molecule has 0 aliphatic rings. The first-order valence-electron chi connectivity index (χ1n) is 6.22.